The molecule has 1 N–H and O–H groups in total. The van der Waals surface area contributed by atoms with Gasteiger partial charge in [-0.15, -0.1) is 0 Å². The molecule has 0 radical (unpaired) electrons. The van der Waals surface area contributed by atoms with Crippen LogP contribution >= 0.6 is 0 Å². The highest BCUT2D eigenvalue weighted by Gasteiger charge is 2.24. The predicted octanol–water partition coefficient (Wildman–Crippen LogP) is 14.0. The van der Waals surface area contributed by atoms with Crippen molar-refractivity contribution in [1.82, 2.24) is 14.5 Å². The second-order valence-electron chi connectivity index (χ2n) is 17.5. The summed E-state index contributed by atoms with van der Waals surface area (Å²) in [4.78, 5) is 10.4. The van der Waals surface area contributed by atoms with Crippen LogP contribution in [0.2, 0.25) is 0 Å². The number of fused-ring (bicyclic) bond motifs is 3. The summed E-state index contributed by atoms with van der Waals surface area (Å²) >= 11 is 0. The summed E-state index contributed by atoms with van der Waals surface area (Å²) in [6.45, 7) is 15.5. The number of aromatic hydroxyl groups is 1. The fourth-order valence-electron chi connectivity index (χ4n) is 8.08. The van der Waals surface area contributed by atoms with Crippen molar-refractivity contribution in [3.05, 3.63) is 168 Å². The molecule has 0 bridgehead atoms. The van der Waals surface area contributed by atoms with Gasteiger partial charge in [-0.1, -0.05) is 120 Å². The molecule has 9 aromatic rings. The number of nitrogens with zero attached hydrogens (tertiary/aromatic N) is 3. The fraction of sp³-hybridized carbons (Fsp3) is 0.170. The minimum Gasteiger partial charge on any atom is -0.507 e. The Bertz CT molecular complexity index is 2990. The molecule has 280 valence electrons. The molecule has 9 rings (SSSR count). The monoisotopic (exact) mass is 741 g/mol. The lowest BCUT2D eigenvalue weighted by molar-refractivity contribution is 0.475. The molecule has 0 aliphatic heterocycles. The first-order valence-electron chi connectivity index (χ1n) is 19.8. The Hall–Kier alpha value is -6.52. The largest absolute Gasteiger partial charge is 0.507 e. The second-order valence-corrected chi connectivity index (χ2v) is 17.5. The van der Waals surface area contributed by atoms with E-state index in [-0.39, 0.29) is 16.6 Å². The number of imidazole rings is 1. The van der Waals surface area contributed by atoms with E-state index in [9.17, 15) is 5.11 Å². The van der Waals surface area contributed by atoms with E-state index in [0.29, 0.717) is 11.4 Å². The van der Waals surface area contributed by atoms with Gasteiger partial charge in [-0.2, -0.15) is 0 Å². The zero-order valence-electron chi connectivity index (χ0n) is 33.7. The van der Waals surface area contributed by atoms with E-state index < -0.39 is 0 Å². The number of pyridine rings is 1. The van der Waals surface area contributed by atoms with Gasteiger partial charge in [0.1, 0.15) is 11.6 Å². The third-order valence-electron chi connectivity index (χ3n) is 11.3. The molecular formula is C53H47N3O. The topological polar surface area (TPSA) is 50.9 Å². The Kier molecular flexibility index (Phi) is 8.62. The van der Waals surface area contributed by atoms with Gasteiger partial charge in [0.15, 0.2) is 0 Å². The van der Waals surface area contributed by atoms with Crippen molar-refractivity contribution in [3.63, 3.8) is 0 Å². The van der Waals surface area contributed by atoms with Crippen molar-refractivity contribution in [3.8, 4) is 56.2 Å². The Morgan fingerprint density at radius 3 is 1.91 bits per heavy atom. The van der Waals surface area contributed by atoms with E-state index in [1.165, 1.54) is 21.9 Å². The van der Waals surface area contributed by atoms with E-state index in [4.69, 9.17) is 9.97 Å². The Balaban J connectivity index is 1.37. The summed E-state index contributed by atoms with van der Waals surface area (Å²) in [5.74, 6) is 0.891. The third kappa shape index (κ3) is 6.65. The van der Waals surface area contributed by atoms with Gasteiger partial charge >= 0.3 is 0 Å². The van der Waals surface area contributed by atoms with Gasteiger partial charge in [0.05, 0.1) is 22.1 Å². The molecule has 0 atom stereocenters. The summed E-state index contributed by atoms with van der Waals surface area (Å²) in [5.41, 5.74) is 14.4. The Morgan fingerprint density at radius 1 is 0.491 bits per heavy atom. The third-order valence-corrected chi connectivity index (χ3v) is 11.3. The van der Waals surface area contributed by atoms with Gasteiger partial charge in [0, 0.05) is 28.4 Å². The highest BCUT2D eigenvalue weighted by molar-refractivity contribution is 6.02. The first-order valence-corrected chi connectivity index (χ1v) is 19.8. The average Bonchev–Trinajstić information content (AvgIpc) is 3.58. The molecule has 0 fully saturated rings. The van der Waals surface area contributed by atoms with Crippen LogP contribution in [0.15, 0.2) is 152 Å². The molecule has 0 saturated carbocycles. The van der Waals surface area contributed by atoms with Crippen molar-refractivity contribution in [2.75, 3.05) is 0 Å². The molecular weight excluding hydrogens is 695 g/mol. The minimum atomic E-state index is -0.128. The van der Waals surface area contributed by atoms with Crippen LogP contribution in [0.25, 0.3) is 83.2 Å². The standard InChI is InChI=1S/C53H47N3O/c1-33-26-39-16-11-25-54-49(39)44(27-33)37-14-10-15-38(29-37)45-30-40(36-18-17-34-12-8-9-13-35(34)28-36)31-47-50(45)55-51(46-32-42(53(5,6)7)21-24-48(46)57)56(47)43-22-19-41(20-23-43)52(2,3)4/h8-32,57H,1-7H3. The van der Waals surface area contributed by atoms with E-state index in [0.717, 1.165) is 66.6 Å². The van der Waals surface area contributed by atoms with Crippen LogP contribution in [-0.2, 0) is 10.8 Å². The van der Waals surface area contributed by atoms with Crippen LogP contribution < -0.4 is 0 Å². The highest BCUT2D eigenvalue weighted by Crippen LogP contribution is 2.43. The second kappa shape index (κ2) is 13.6. The van der Waals surface area contributed by atoms with Gasteiger partial charge in [0.2, 0.25) is 0 Å². The molecule has 4 nitrogen and oxygen atoms in total. The Labute approximate surface area is 335 Å². The maximum absolute atomic E-state index is 11.6. The smallest absolute Gasteiger partial charge is 0.149 e. The lowest BCUT2D eigenvalue weighted by atomic mass is 9.86. The lowest BCUT2D eigenvalue weighted by Gasteiger charge is -2.21. The summed E-state index contributed by atoms with van der Waals surface area (Å²) in [6, 6.07) is 51.8. The van der Waals surface area contributed by atoms with E-state index in [1.54, 1.807) is 0 Å². The van der Waals surface area contributed by atoms with Gasteiger partial charge in [-0.3, -0.25) is 9.55 Å². The van der Waals surface area contributed by atoms with Gasteiger partial charge in [-0.25, -0.2) is 4.98 Å². The molecule has 0 saturated heterocycles. The molecule has 4 heteroatoms. The number of benzene rings is 7. The first kappa shape index (κ1) is 36.1. The first-order chi connectivity index (χ1) is 27.3. The summed E-state index contributed by atoms with van der Waals surface area (Å²) in [7, 11) is 0. The number of rotatable bonds is 5. The van der Waals surface area contributed by atoms with E-state index >= 15 is 0 Å². The molecule has 2 aromatic heterocycles. The molecule has 0 aliphatic carbocycles. The lowest BCUT2D eigenvalue weighted by Crippen LogP contribution is -2.11. The van der Waals surface area contributed by atoms with Crippen molar-refractivity contribution in [2.24, 2.45) is 0 Å². The molecule has 2 heterocycles. The van der Waals surface area contributed by atoms with Crippen LogP contribution in [0.4, 0.5) is 0 Å². The number of hydrogen-bond donors (Lipinski definition) is 1. The van der Waals surface area contributed by atoms with Crippen molar-refractivity contribution in [2.45, 2.75) is 59.3 Å². The van der Waals surface area contributed by atoms with Gasteiger partial charge < -0.3 is 5.11 Å². The van der Waals surface area contributed by atoms with Crippen molar-refractivity contribution in [1.29, 1.82) is 0 Å². The van der Waals surface area contributed by atoms with Crippen molar-refractivity contribution >= 4 is 32.7 Å². The maximum atomic E-state index is 11.6. The van der Waals surface area contributed by atoms with Crippen LogP contribution in [0, 0.1) is 6.92 Å². The summed E-state index contributed by atoms with van der Waals surface area (Å²) in [6.07, 6.45) is 1.87. The summed E-state index contributed by atoms with van der Waals surface area (Å²) in [5, 5.41) is 15.1. The molecule has 0 amide bonds. The summed E-state index contributed by atoms with van der Waals surface area (Å²) < 4.78 is 2.24. The van der Waals surface area contributed by atoms with Crippen LogP contribution in [-0.4, -0.2) is 19.6 Å². The molecule has 7 aromatic carbocycles. The predicted molar refractivity (Wildman–Crippen MR) is 239 cm³/mol. The Morgan fingerprint density at radius 2 is 1.18 bits per heavy atom. The highest BCUT2D eigenvalue weighted by atomic mass is 16.3. The normalized spacial score (nSPS) is 12.2. The minimum absolute atomic E-state index is 0.00273. The molecule has 0 unspecified atom stereocenters. The number of aryl methyl sites for hydroxylation is 1. The molecule has 0 aliphatic rings. The average molecular weight is 742 g/mol. The number of phenolic OH excluding ortho intramolecular Hbond substituents is 1. The number of hydrogen-bond acceptors (Lipinski definition) is 3. The zero-order chi connectivity index (χ0) is 39.6. The van der Waals surface area contributed by atoms with Gasteiger partial charge in [0.25, 0.3) is 0 Å². The van der Waals surface area contributed by atoms with Crippen LogP contribution in [0.1, 0.15) is 58.2 Å². The van der Waals surface area contributed by atoms with Crippen LogP contribution in [0.3, 0.4) is 0 Å². The molecule has 0 spiro atoms. The quantitative estimate of drug-likeness (QED) is 0.191. The number of aromatic nitrogens is 3. The van der Waals surface area contributed by atoms with Crippen LogP contribution in [0.5, 0.6) is 5.75 Å². The van der Waals surface area contributed by atoms with Gasteiger partial charge in [-0.05, 0) is 134 Å². The van der Waals surface area contributed by atoms with E-state index in [2.05, 4.69) is 180 Å². The zero-order valence-corrected chi connectivity index (χ0v) is 33.7. The SMILES string of the molecule is Cc1cc(-c2cccc(-c3cc(-c4ccc5ccccc5c4)cc4c3nc(-c3cc(C(C)(C)C)ccc3O)n4-c3ccc(C(C)(C)C)cc3)c2)c2ncccc2c1. The maximum Gasteiger partial charge on any atom is 0.149 e. The fourth-order valence-corrected chi connectivity index (χ4v) is 8.08. The van der Waals surface area contributed by atoms with Crippen molar-refractivity contribution < 1.29 is 5.11 Å². The number of phenols is 1. The molecule has 57 heavy (non-hydrogen) atoms. The van der Waals surface area contributed by atoms with E-state index in [1.807, 2.05) is 24.4 Å².